The van der Waals surface area contributed by atoms with Crippen molar-refractivity contribution in [2.24, 2.45) is 5.92 Å². The standard InChI is InChI=1S/C11H21NO3/c13-8-2-7-12-6-1-3-10(9-12)4-5-11(14)15/h10,13H,1-9H2,(H,14,15). The van der Waals surface area contributed by atoms with Crippen LogP contribution >= 0.6 is 0 Å². The Balaban J connectivity index is 2.19. The molecule has 88 valence electrons. The van der Waals surface area contributed by atoms with E-state index >= 15 is 0 Å². The molecule has 1 saturated heterocycles. The Labute approximate surface area is 90.9 Å². The van der Waals surface area contributed by atoms with Crippen molar-refractivity contribution in [3.8, 4) is 0 Å². The maximum atomic E-state index is 10.4. The summed E-state index contributed by atoms with van der Waals surface area (Å²) in [6, 6.07) is 0. The Morgan fingerprint density at radius 3 is 2.93 bits per heavy atom. The summed E-state index contributed by atoms with van der Waals surface area (Å²) >= 11 is 0. The Morgan fingerprint density at radius 1 is 1.47 bits per heavy atom. The minimum absolute atomic E-state index is 0.246. The number of rotatable bonds is 6. The van der Waals surface area contributed by atoms with Gasteiger partial charge in [0.15, 0.2) is 0 Å². The number of aliphatic hydroxyl groups is 1. The monoisotopic (exact) mass is 215 g/mol. The van der Waals surface area contributed by atoms with E-state index in [9.17, 15) is 4.79 Å². The summed E-state index contributed by atoms with van der Waals surface area (Å²) in [4.78, 5) is 12.8. The first-order valence-electron chi connectivity index (χ1n) is 5.77. The third kappa shape index (κ3) is 5.14. The molecule has 1 atom stereocenters. The number of hydrogen-bond donors (Lipinski definition) is 2. The maximum absolute atomic E-state index is 10.4. The zero-order valence-corrected chi connectivity index (χ0v) is 9.19. The second-order valence-electron chi connectivity index (χ2n) is 4.32. The van der Waals surface area contributed by atoms with Crippen LogP contribution in [0.15, 0.2) is 0 Å². The Hall–Kier alpha value is -0.610. The fourth-order valence-corrected chi connectivity index (χ4v) is 2.21. The van der Waals surface area contributed by atoms with Crippen molar-refractivity contribution in [1.29, 1.82) is 0 Å². The van der Waals surface area contributed by atoms with Crippen LogP contribution in [0.1, 0.15) is 32.1 Å². The molecule has 0 aromatic heterocycles. The number of aliphatic hydroxyl groups excluding tert-OH is 1. The van der Waals surface area contributed by atoms with Crippen LogP contribution in [0.25, 0.3) is 0 Å². The van der Waals surface area contributed by atoms with Crippen LogP contribution < -0.4 is 0 Å². The van der Waals surface area contributed by atoms with E-state index in [1.165, 1.54) is 0 Å². The van der Waals surface area contributed by atoms with Gasteiger partial charge in [0.25, 0.3) is 0 Å². The van der Waals surface area contributed by atoms with E-state index in [0.717, 1.165) is 45.3 Å². The molecular weight excluding hydrogens is 194 g/mol. The Kier molecular flexibility index (Phi) is 5.65. The summed E-state index contributed by atoms with van der Waals surface area (Å²) in [6.07, 6.45) is 4.23. The van der Waals surface area contributed by atoms with E-state index in [-0.39, 0.29) is 6.61 Å². The van der Waals surface area contributed by atoms with Gasteiger partial charge in [0.1, 0.15) is 0 Å². The lowest BCUT2D eigenvalue weighted by Crippen LogP contribution is -2.36. The molecule has 4 nitrogen and oxygen atoms in total. The first-order valence-corrected chi connectivity index (χ1v) is 5.77. The number of piperidine rings is 1. The van der Waals surface area contributed by atoms with E-state index in [1.54, 1.807) is 0 Å². The Bertz CT molecular complexity index is 196. The molecule has 1 aliphatic heterocycles. The number of aliphatic carboxylic acids is 1. The molecule has 0 bridgehead atoms. The number of likely N-dealkylation sites (tertiary alicyclic amines) is 1. The van der Waals surface area contributed by atoms with E-state index in [4.69, 9.17) is 10.2 Å². The minimum Gasteiger partial charge on any atom is -0.481 e. The van der Waals surface area contributed by atoms with Gasteiger partial charge in [0.2, 0.25) is 0 Å². The van der Waals surface area contributed by atoms with Gasteiger partial charge in [0.05, 0.1) is 0 Å². The van der Waals surface area contributed by atoms with Crippen molar-refractivity contribution in [3.63, 3.8) is 0 Å². The minimum atomic E-state index is -0.692. The van der Waals surface area contributed by atoms with Gasteiger partial charge in [-0.3, -0.25) is 4.79 Å². The zero-order valence-electron chi connectivity index (χ0n) is 9.19. The molecule has 1 rings (SSSR count). The van der Waals surface area contributed by atoms with Crippen LogP contribution in [-0.4, -0.2) is 47.3 Å². The predicted octanol–water partition coefficient (Wildman–Crippen LogP) is 0.946. The normalized spacial score (nSPS) is 22.9. The first kappa shape index (κ1) is 12.5. The predicted molar refractivity (Wildman–Crippen MR) is 57.7 cm³/mol. The summed E-state index contributed by atoms with van der Waals surface area (Å²) in [6.45, 7) is 3.30. The molecule has 0 aromatic carbocycles. The highest BCUT2D eigenvalue weighted by Crippen LogP contribution is 2.20. The van der Waals surface area contributed by atoms with E-state index < -0.39 is 5.97 Å². The molecule has 0 aromatic rings. The second-order valence-corrected chi connectivity index (χ2v) is 4.32. The van der Waals surface area contributed by atoms with Crippen LogP contribution in [0, 0.1) is 5.92 Å². The highest BCUT2D eigenvalue weighted by molar-refractivity contribution is 5.66. The summed E-state index contributed by atoms with van der Waals surface area (Å²) in [5, 5.41) is 17.3. The zero-order chi connectivity index (χ0) is 11.1. The molecule has 0 amide bonds. The number of carbonyl (C=O) groups is 1. The van der Waals surface area contributed by atoms with Gasteiger partial charge in [-0.05, 0) is 38.1 Å². The molecule has 15 heavy (non-hydrogen) atoms. The molecule has 1 fully saturated rings. The molecule has 1 aliphatic rings. The molecular formula is C11H21NO3. The Morgan fingerprint density at radius 2 is 2.27 bits per heavy atom. The molecule has 0 radical (unpaired) electrons. The molecule has 0 spiro atoms. The molecule has 1 unspecified atom stereocenters. The number of nitrogens with zero attached hydrogens (tertiary/aromatic N) is 1. The van der Waals surface area contributed by atoms with Crippen molar-refractivity contribution < 1.29 is 15.0 Å². The van der Waals surface area contributed by atoms with Gasteiger partial charge in [-0.25, -0.2) is 0 Å². The topological polar surface area (TPSA) is 60.8 Å². The number of carboxylic acid groups (broad SMARTS) is 1. The van der Waals surface area contributed by atoms with Gasteiger partial charge < -0.3 is 15.1 Å². The van der Waals surface area contributed by atoms with Gasteiger partial charge in [-0.1, -0.05) is 0 Å². The van der Waals surface area contributed by atoms with Crippen molar-refractivity contribution in [3.05, 3.63) is 0 Å². The lowest BCUT2D eigenvalue weighted by molar-refractivity contribution is -0.137. The molecule has 4 heteroatoms. The van der Waals surface area contributed by atoms with Crippen LogP contribution in [-0.2, 0) is 4.79 Å². The van der Waals surface area contributed by atoms with Crippen LogP contribution in [0.2, 0.25) is 0 Å². The van der Waals surface area contributed by atoms with Crippen molar-refractivity contribution in [2.45, 2.75) is 32.1 Å². The lowest BCUT2D eigenvalue weighted by Gasteiger charge is -2.32. The smallest absolute Gasteiger partial charge is 0.303 e. The number of carboxylic acids is 1. The lowest BCUT2D eigenvalue weighted by atomic mass is 9.93. The van der Waals surface area contributed by atoms with E-state index in [2.05, 4.69) is 4.90 Å². The van der Waals surface area contributed by atoms with Crippen molar-refractivity contribution >= 4 is 5.97 Å². The van der Waals surface area contributed by atoms with Gasteiger partial charge >= 0.3 is 5.97 Å². The second kappa shape index (κ2) is 6.80. The summed E-state index contributed by atoms with van der Waals surface area (Å²) in [5.41, 5.74) is 0. The SMILES string of the molecule is O=C(O)CCC1CCCN(CCCO)C1. The maximum Gasteiger partial charge on any atom is 0.303 e. The van der Waals surface area contributed by atoms with Gasteiger partial charge in [0, 0.05) is 26.1 Å². The fraction of sp³-hybridized carbons (Fsp3) is 0.909. The summed E-state index contributed by atoms with van der Waals surface area (Å²) < 4.78 is 0. The highest BCUT2D eigenvalue weighted by atomic mass is 16.4. The third-order valence-corrected chi connectivity index (χ3v) is 3.00. The van der Waals surface area contributed by atoms with E-state index in [0.29, 0.717) is 12.3 Å². The van der Waals surface area contributed by atoms with Gasteiger partial charge in [-0.2, -0.15) is 0 Å². The van der Waals surface area contributed by atoms with Crippen LogP contribution in [0.5, 0.6) is 0 Å². The quantitative estimate of drug-likeness (QED) is 0.692. The number of hydrogen-bond acceptors (Lipinski definition) is 3. The van der Waals surface area contributed by atoms with Crippen LogP contribution in [0.4, 0.5) is 0 Å². The average Bonchev–Trinajstić information content (AvgIpc) is 2.24. The first-order chi connectivity index (χ1) is 7.22. The van der Waals surface area contributed by atoms with E-state index in [1.807, 2.05) is 0 Å². The van der Waals surface area contributed by atoms with Crippen molar-refractivity contribution in [2.75, 3.05) is 26.2 Å². The van der Waals surface area contributed by atoms with Crippen molar-refractivity contribution in [1.82, 2.24) is 4.90 Å². The molecule has 0 saturated carbocycles. The molecule has 2 N–H and O–H groups in total. The third-order valence-electron chi connectivity index (χ3n) is 3.00. The fourth-order valence-electron chi connectivity index (χ4n) is 2.21. The van der Waals surface area contributed by atoms with Gasteiger partial charge in [-0.15, -0.1) is 0 Å². The summed E-state index contributed by atoms with van der Waals surface area (Å²) in [5.74, 6) is -0.156. The highest BCUT2D eigenvalue weighted by Gasteiger charge is 2.19. The summed E-state index contributed by atoms with van der Waals surface area (Å²) in [7, 11) is 0. The largest absolute Gasteiger partial charge is 0.481 e. The molecule has 1 heterocycles. The average molecular weight is 215 g/mol. The van der Waals surface area contributed by atoms with Crippen LogP contribution in [0.3, 0.4) is 0 Å². The molecule has 0 aliphatic carbocycles.